The number of hydrogen-bond acceptors (Lipinski definition) is 4. The van der Waals surface area contributed by atoms with Crippen molar-refractivity contribution >= 4 is 10.0 Å². The van der Waals surface area contributed by atoms with Crippen LogP contribution in [0, 0.1) is 0 Å². The molecule has 0 radical (unpaired) electrons. The minimum atomic E-state index is -3.14. The van der Waals surface area contributed by atoms with Crippen LogP contribution in [0.1, 0.15) is 19.2 Å². The lowest BCUT2D eigenvalue weighted by Crippen LogP contribution is -2.29. The van der Waals surface area contributed by atoms with Crippen molar-refractivity contribution in [1.29, 1.82) is 0 Å². The maximum Gasteiger partial charge on any atom is 0.214 e. The first kappa shape index (κ1) is 11.1. The SMILES string of the molecule is CCCS(=O)(=O)N(C)Cc1ncn[nH]1. The van der Waals surface area contributed by atoms with Gasteiger partial charge in [0.15, 0.2) is 0 Å². The molecule has 6 nitrogen and oxygen atoms in total. The quantitative estimate of drug-likeness (QED) is 0.753. The van der Waals surface area contributed by atoms with E-state index in [0.717, 1.165) is 0 Å². The van der Waals surface area contributed by atoms with E-state index in [-0.39, 0.29) is 12.3 Å². The summed E-state index contributed by atoms with van der Waals surface area (Å²) in [6, 6.07) is 0. The zero-order valence-corrected chi connectivity index (χ0v) is 9.08. The molecule has 0 fully saturated rings. The van der Waals surface area contributed by atoms with Gasteiger partial charge in [0, 0.05) is 7.05 Å². The molecule has 14 heavy (non-hydrogen) atoms. The van der Waals surface area contributed by atoms with Crippen LogP contribution in [-0.2, 0) is 16.6 Å². The summed E-state index contributed by atoms with van der Waals surface area (Å²) in [5, 5.41) is 6.26. The van der Waals surface area contributed by atoms with Gasteiger partial charge in [0.2, 0.25) is 10.0 Å². The predicted octanol–water partition coefficient (Wildman–Crippen LogP) is -0.0237. The van der Waals surface area contributed by atoms with Crippen molar-refractivity contribution in [1.82, 2.24) is 19.5 Å². The van der Waals surface area contributed by atoms with E-state index < -0.39 is 10.0 Å². The lowest BCUT2D eigenvalue weighted by molar-refractivity contribution is 0.456. The maximum absolute atomic E-state index is 11.5. The number of hydrogen-bond donors (Lipinski definition) is 1. The van der Waals surface area contributed by atoms with Gasteiger partial charge in [0.1, 0.15) is 12.2 Å². The van der Waals surface area contributed by atoms with Crippen LogP contribution >= 0.6 is 0 Å². The summed E-state index contributed by atoms with van der Waals surface area (Å²) in [4.78, 5) is 3.86. The van der Waals surface area contributed by atoms with Crippen LogP contribution in [0.3, 0.4) is 0 Å². The van der Waals surface area contributed by atoms with Crippen LogP contribution in [0.2, 0.25) is 0 Å². The summed E-state index contributed by atoms with van der Waals surface area (Å²) < 4.78 is 24.3. The van der Waals surface area contributed by atoms with E-state index >= 15 is 0 Å². The first-order valence-electron chi connectivity index (χ1n) is 4.34. The topological polar surface area (TPSA) is 79.0 Å². The molecule has 0 aliphatic carbocycles. The van der Waals surface area contributed by atoms with E-state index in [1.165, 1.54) is 17.7 Å². The van der Waals surface area contributed by atoms with Gasteiger partial charge in [-0.05, 0) is 6.42 Å². The van der Waals surface area contributed by atoms with Crippen molar-refractivity contribution in [3.05, 3.63) is 12.2 Å². The van der Waals surface area contributed by atoms with Gasteiger partial charge >= 0.3 is 0 Å². The molecular weight excluding hydrogens is 204 g/mol. The van der Waals surface area contributed by atoms with Gasteiger partial charge < -0.3 is 0 Å². The highest BCUT2D eigenvalue weighted by Crippen LogP contribution is 2.03. The Morgan fingerprint density at radius 1 is 1.57 bits per heavy atom. The molecule has 0 bridgehead atoms. The fraction of sp³-hybridized carbons (Fsp3) is 0.714. The van der Waals surface area contributed by atoms with Crippen LogP contribution in [0.4, 0.5) is 0 Å². The molecule has 0 amide bonds. The molecule has 0 spiro atoms. The normalized spacial score (nSPS) is 12.2. The molecule has 80 valence electrons. The second-order valence-electron chi connectivity index (χ2n) is 3.00. The van der Waals surface area contributed by atoms with Crippen LogP contribution in [0.25, 0.3) is 0 Å². The van der Waals surface area contributed by atoms with Gasteiger partial charge in [-0.3, -0.25) is 5.10 Å². The molecule has 1 heterocycles. The lowest BCUT2D eigenvalue weighted by atomic mass is 10.6. The summed E-state index contributed by atoms with van der Waals surface area (Å²) in [7, 11) is -1.61. The Morgan fingerprint density at radius 3 is 2.79 bits per heavy atom. The summed E-state index contributed by atoms with van der Waals surface area (Å²) in [5.74, 6) is 0.713. The van der Waals surface area contributed by atoms with Crippen molar-refractivity contribution in [2.24, 2.45) is 0 Å². The molecule has 0 aliphatic heterocycles. The van der Waals surface area contributed by atoms with Gasteiger partial charge in [-0.15, -0.1) is 0 Å². The molecular formula is C7H14N4O2S. The summed E-state index contributed by atoms with van der Waals surface area (Å²) in [5.41, 5.74) is 0. The molecule has 0 unspecified atom stereocenters. The van der Waals surface area contributed by atoms with Gasteiger partial charge in [-0.25, -0.2) is 13.4 Å². The minimum absolute atomic E-state index is 0.164. The van der Waals surface area contributed by atoms with E-state index in [4.69, 9.17) is 0 Å². The van der Waals surface area contributed by atoms with E-state index in [2.05, 4.69) is 15.2 Å². The van der Waals surface area contributed by atoms with Crippen molar-refractivity contribution in [3.63, 3.8) is 0 Å². The third-order valence-electron chi connectivity index (χ3n) is 1.77. The summed E-state index contributed by atoms with van der Waals surface area (Å²) >= 11 is 0. The highest BCUT2D eigenvalue weighted by atomic mass is 32.2. The van der Waals surface area contributed by atoms with Gasteiger partial charge in [-0.1, -0.05) is 6.92 Å². The predicted molar refractivity (Wildman–Crippen MR) is 51.9 cm³/mol. The van der Waals surface area contributed by atoms with Crippen molar-refractivity contribution in [3.8, 4) is 0 Å². The number of aromatic amines is 1. The zero-order chi connectivity index (χ0) is 10.6. The number of sulfonamides is 1. The van der Waals surface area contributed by atoms with Crippen LogP contribution in [0.5, 0.6) is 0 Å². The summed E-state index contributed by atoms with van der Waals surface area (Å²) in [6.07, 6.45) is 1.97. The standard InChI is InChI=1S/C7H14N4O2S/c1-3-4-14(12,13)11(2)5-7-8-6-9-10-7/h6H,3-5H2,1-2H3,(H,8,9,10). The smallest absolute Gasteiger partial charge is 0.214 e. The Balaban J connectivity index is 2.62. The molecule has 0 atom stereocenters. The highest BCUT2D eigenvalue weighted by molar-refractivity contribution is 7.89. The third-order valence-corrected chi connectivity index (χ3v) is 3.78. The largest absolute Gasteiger partial charge is 0.262 e. The molecule has 0 aromatic carbocycles. The fourth-order valence-corrected chi connectivity index (χ4v) is 2.18. The second kappa shape index (κ2) is 4.52. The Bertz CT molecular complexity index is 359. The molecule has 1 aromatic rings. The molecule has 1 aromatic heterocycles. The number of nitrogens with one attached hydrogen (secondary N) is 1. The number of H-pyrrole nitrogens is 1. The van der Waals surface area contributed by atoms with Gasteiger partial charge in [0.05, 0.1) is 12.3 Å². The second-order valence-corrected chi connectivity index (χ2v) is 5.20. The van der Waals surface area contributed by atoms with E-state index in [0.29, 0.717) is 12.2 Å². The van der Waals surface area contributed by atoms with Crippen LogP contribution < -0.4 is 0 Å². The minimum Gasteiger partial charge on any atom is -0.262 e. The first-order valence-corrected chi connectivity index (χ1v) is 5.95. The van der Waals surface area contributed by atoms with Crippen molar-refractivity contribution in [2.45, 2.75) is 19.9 Å². The number of nitrogens with zero attached hydrogens (tertiary/aromatic N) is 3. The molecule has 7 heteroatoms. The number of rotatable bonds is 5. The first-order chi connectivity index (χ1) is 6.56. The Kier molecular flexibility index (Phi) is 3.59. The molecule has 0 saturated heterocycles. The van der Waals surface area contributed by atoms with E-state index in [1.807, 2.05) is 6.92 Å². The zero-order valence-electron chi connectivity index (χ0n) is 8.27. The Hall–Kier alpha value is -0.950. The van der Waals surface area contributed by atoms with Crippen molar-refractivity contribution < 1.29 is 8.42 Å². The molecule has 0 aliphatic rings. The Labute approximate surface area is 83.4 Å². The maximum atomic E-state index is 11.5. The van der Waals surface area contributed by atoms with Crippen LogP contribution in [-0.4, -0.2) is 40.7 Å². The molecule has 1 rings (SSSR count). The van der Waals surface area contributed by atoms with Crippen molar-refractivity contribution in [2.75, 3.05) is 12.8 Å². The van der Waals surface area contributed by atoms with Gasteiger partial charge in [-0.2, -0.15) is 9.40 Å². The van der Waals surface area contributed by atoms with E-state index in [9.17, 15) is 8.42 Å². The van der Waals surface area contributed by atoms with Gasteiger partial charge in [0.25, 0.3) is 0 Å². The highest BCUT2D eigenvalue weighted by Gasteiger charge is 2.17. The Morgan fingerprint density at radius 2 is 2.29 bits per heavy atom. The lowest BCUT2D eigenvalue weighted by Gasteiger charge is -2.14. The van der Waals surface area contributed by atoms with Crippen LogP contribution in [0.15, 0.2) is 6.33 Å². The third kappa shape index (κ3) is 2.78. The summed E-state index contributed by atoms with van der Waals surface area (Å²) in [6.45, 7) is 2.07. The number of aromatic nitrogens is 3. The average molecular weight is 218 g/mol. The molecule has 1 N–H and O–H groups in total. The van der Waals surface area contributed by atoms with E-state index in [1.54, 1.807) is 0 Å². The monoisotopic (exact) mass is 218 g/mol. The average Bonchev–Trinajstić information content (AvgIpc) is 2.56. The fourth-order valence-electron chi connectivity index (χ4n) is 1.03. The molecule has 0 saturated carbocycles.